The average molecular weight is 193 g/mol. The van der Waals surface area contributed by atoms with Gasteiger partial charge in [0.15, 0.2) is 5.78 Å². The van der Waals surface area contributed by atoms with E-state index in [0.29, 0.717) is 6.42 Å². The average Bonchev–Trinajstić information content (AvgIpc) is 1.85. The van der Waals surface area contributed by atoms with Crippen LogP contribution >= 0.6 is 0 Å². The quantitative estimate of drug-likeness (QED) is 0.522. The highest BCUT2D eigenvalue weighted by molar-refractivity contribution is 7.79. The normalized spacial score (nSPS) is 15.3. The van der Waals surface area contributed by atoms with Gasteiger partial charge in [-0.2, -0.15) is 8.42 Å². The van der Waals surface area contributed by atoms with Crippen molar-refractivity contribution in [1.29, 1.82) is 0 Å². The molecule has 68 valence electrons. The van der Waals surface area contributed by atoms with E-state index >= 15 is 0 Å². The van der Waals surface area contributed by atoms with Crippen molar-refractivity contribution < 1.29 is 22.3 Å². The molecule has 0 aromatic carbocycles. The van der Waals surface area contributed by atoms with Crippen LogP contribution in [-0.2, 0) is 15.2 Å². The third-order valence-corrected chi connectivity index (χ3v) is 0.729. The Labute approximate surface area is 69.2 Å². The van der Waals surface area contributed by atoms with Gasteiger partial charge in [-0.25, -0.2) is 0 Å². The van der Waals surface area contributed by atoms with E-state index in [9.17, 15) is 4.79 Å². The summed E-state index contributed by atoms with van der Waals surface area (Å²) in [5.74, 6) is 0.0856. The summed E-state index contributed by atoms with van der Waals surface area (Å²) in [7, 11) is -4.67. The predicted molar refractivity (Wildman–Crippen MR) is 41.4 cm³/mol. The summed E-state index contributed by atoms with van der Waals surface area (Å²) in [5.41, 5.74) is 0. The molecule has 0 amide bonds. The maximum Gasteiger partial charge on any atom is 0.394 e. The molecule has 1 rings (SSSR count). The van der Waals surface area contributed by atoms with Gasteiger partial charge in [-0.1, -0.05) is 6.08 Å². The van der Waals surface area contributed by atoms with Crippen LogP contribution in [0.2, 0.25) is 0 Å². The van der Waals surface area contributed by atoms with Crippen molar-refractivity contribution >= 4 is 22.4 Å². The lowest BCUT2D eigenvalue weighted by Gasteiger charge is -1.88. The number of hydrogen-bond acceptors (Lipinski definition) is 4. The Morgan fingerprint density at radius 2 is 1.92 bits per heavy atom. The van der Waals surface area contributed by atoms with E-state index < -0.39 is 10.4 Å². The first kappa shape index (κ1) is 11.0. The number of hydrogen-bond donors (Lipinski definition) is 2. The van der Waals surface area contributed by atoms with Gasteiger partial charge in [0.05, 0.1) is 6.21 Å². The number of ketones is 1. The zero-order valence-electron chi connectivity index (χ0n) is 5.91. The van der Waals surface area contributed by atoms with Crippen LogP contribution in [0.15, 0.2) is 17.3 Å². The molecule has 0 bridgehead atoms. The predicted octanol–water partition coefficient (Wildman–Crippen LogP) is -0.109. The standard InChI is InChI=1S/C5H5NO.H2O4S/c7-5-2-1-3-6-4-5;1-5(2,3)4/h1,3-4H,2H2;(H2,1,2,3,4). The summed E-state index contributed by atoms with van der Waals surface area (Å²) in [6.45, 7) is 0. The van der Waals surface area contributed by atoms with Crippen molar-refractivity contribution in [2.24, 2.45) is 4.99 Å². The first-order chi connectivity index (χ1) is 5.39. The zero-order chi connectivity index (χ0) is 9.61. The number of rotatable bonds is 0. The molecular formula is C5H7NO5S. The van der Waals surface area contributed by atoms with Crippen LogP contribution in [0.4, 0.5) is 0 Å². The van der Waals surface area contributed by atoms with Gasteiger partial charge >= 0.3 is 10.4 Å². The molecule has 1 aliphatic rings. The zero-order valence-corrected chi connectivity index (χ0v) is 6.73. The lowest BCUT2D eigenvalue weighted by atomic mass is 10.3. The minimum Gasteiger partial charge on any atom is -0.293 e. The van der Waals surface area contributed by atoms with Gasteiger partial charge in [0, 0.05) is 12.6 Å². The van der Waals surface area contributed by atoms with Gasteiger partial charge in [-0.3, -0.25) is 18.9 Å². The van der Waals surface area contributed by atoms with Crippen LogP contribution in [0, 0.1) is 0 Å². The fourth-order valence-corrected chi connectivity index (χ4v) is 0.409. The van der Waals surface area contributed by atoms with Gasteiger partial charge < -0.3 is 0 Å². The summed E-state index contributed by atoms with van der Waals surface area (Å²) >= 11 is 0. The van der Waals surface area contributed by atoms with Gasteiger partial charge in [-0.05, 0) is 0 Å². The Kier molecular flexibility index (Phi) is 4.34. The molecule has 0 spiro atoms. The number of aliphatic imine (C=N–C) groups is 1. The molecule has 0 unspecified atom stereocenters. The second-order valence-electron chi connectivity index (χ2n) is 1.78. The van der Waals surface area contributed by atoms with E-state index in [1.807, 2.05) is 0 Å². The van der Waals surface area contributed by atoms with Crippen molar-refractivity contribution in [2.75, 3.05) is 0 Å². The molecule has 0 saturated heterocycles. The molecule has 1 heterocycles. The number of carbonyl (C=O) groups is 1. The largest absolute Gasteiger partial charge is 0.394 e. The highest BCUT2D eigenvalue weighted by Gasteiger charge is 1.93. The Bertz CT molecular complexity index is 294. The Hall–Kier alpha value is -1.05. The van der Waals surface area contributed by atoms with Crippen LogP contribution in [0.1, 0.15) is 6.42 Å². The van der Waals surface area contributed by atoms with Crippen molar-refractivity contribution in [2.45, 2.75) is 6.42 Å². The second-order valence-corrected chi connectivity index (χ2v) is 2.68. The lowest BCUT2D eigenvalue weighted by molar-refractivity contribution is -0.111. The fraction of sp³-hybridized carbons (Fsp3) is 0.200. The molecule has 0 aromatic rings. The summed E-state index contributed by atoms with van der Waals surface area (Å²) < 4.78 is 31.6. The fourth-order valence-electron chi connectivity index (χ4n) is 0.409. The van der Waals surface area contributed by atoms with E-state index in [4.69, 9.17) is 17.5 Å². The van der Waals surface area contributed by atoms with Crippen LogP contribution in [0.5, 0.6) is 0 Å². The van der Waals surface area contributed by atoms with Crippen molar-refractivity contribution in [3.05, 3.63) is 12.3 Å². The second kappa shape index (κ2) is 4.75. The van der Waals surface area contributed by atoms with Crippen LogP contribution in [0.25, 0.3) is 0 Å². The van der Waals surface area contributed by atoms with E-state index in [-0.39, 0.29) is 5.78 Å². The van der Waals surface area contributed by atoms with Crippen molar-refractivity contribution in [3.8, 4) is 0 Å². The van der Waals surface area contributed by atoms with Crippen LogP contribution in [-0.4, -0.2) is 29.5 Å². The number of Topliss-reactive ketones (excluding diaryl/α,β-unsaturated/α-hetero) is 1. The van der Waals surface area contributed by atoms with E-state index in [1.54, 1.807) is 12.3 Å². The first-order valence-corrected chi connectivity index (χ1v) is 4.20. The molecule has 6 nitrogen and oxygen atoms in total. The molecule has 0 atom stereocenters. The third kappa shape index (κ3) is 11.7. The monoisotopic (exact) mass is 193 g/mol. The lowest BCUT2D eigenvalue weighted by Crippen LogP contribution is -1.98. The molecule has 7 heteroatoms. The Balaban J connectivity index is 0.000000217. The van der Waals surface area contributed by atoms with Crippen LogP contribution < -0.4 is 0 Å². The molecule has 0 aliphatic carbocycles. The summed E-state index contributed by atoms with van der Waals surface area (Å²) in [5, 5.41) is 0. The number of nitrogens with zero attached hydrogens (tertiary/aromatic N) is 1. The molecule has 0 saturated carbocycles. The maximum atomic E-state index is 10.3. The molecule has 0 fully saturated rings. The summed E-state index contributed by atoms with van der Waals surface area (Å²) in [4.78, 5) is 13.9. The van der Waals surface area contributed by atoms with Crippen molar-refractivity contribution in [1.82, 2.24) is 0 Å². The SMILES string of the molecule is O=C1C=NC=CC1.O=S(=O)(O)O. The maximum absolute atomic E-state index is 10.3. The van der Waals surface area contributed by atoms with E-state index in [0.717, 1.165) is 0 Å². The third-order valence-electron chi connectivity index (χ3n) is 0.729. The number of allylic oxidation sites excluding steroid dienone is 1. The smallest absolute Gasteiger partial charge is 0.293 e. The topological polar surface area (TPSA) is 104 Å². The summed E-state index contributed by atoms with van der Waals surface area (Å²) in [6, 6.07) is 0. The molecule has 1 aliphatic heterocycles. The summed E-state index contributed by atoms with van der Waals surface area (Å²) in [6.07, 6.45) is 5.22. The Morgan fingerprint density at radius 3 is 2.08 bits per heavy atom. The van der Waals surface area contributed by atoms with Gasteiger partial charge in [-0.15, -0.1) is 0 Å². The van der Waals surface area contributed by atoms with Gasteiger partial charge in [0.25, 0.3) is 0 Å². The Morgan fingerprint density at radius 1 is 1.42 bits per heavy atom. The minimum absolute atomic E-state index is 0.0856. The van der Waals surface area contributed by atoms with E-state index in [2.05, 4.69) is 4.99 Å². The van der Waals surface area contributed by atoms with Crippen LogP contribution in [0.3, 0.4) is 0 Å². The molecule has 12 heavy (non-hydrogen) atoms. The van der Waals surface area contributed by atoms with E-state index in [1.165, 1.54) is 6.21 Å². The first-order valence-electron chi connectivity index (χ1n) is 2.80. The number of carbonyl (C=O) groups excluding carboxylic acids is 1. The molecule has 2 N–H and O–H groups in total. The highest BCUT2D eigenvalue weighted by atomic mass is 32.3. The molecule has 0 radical (unpaired) electrons. The van der Waals surface area contributed by atoms with Crippen molar-refractivity contribution in [3.63, 3.8) is 0 Å². The van der Waals surface area contributed by atoms with Gasteiger partial charge in [0.1, 0.15) is 0 Å². The molecule has 0 aromatic heterocycles. The minimum atomic E-state index is -4.67. The highest BCUT2D eigenvalue weighted by Crippen LogP contribution is 1.89. The molecular weight excluding hydrogens is 186 g/mol. The van der Waals surface area contributed by atoms with Gasteiger partial charge in [0.2, 0.25) is 0 Å².